The lowest BCUT2D eigenvalue weighted by Gasteiger charge is -2.46. The summed E-state index contributed by atoms with van der Waals surface area (Å²) in [4.78, 5) is 12.3. The van der Waals surface area contributed by atoms with Crippen LogP contribution in [0.15, 0.2) is 12.2 Å². The molecular weight excluding hydrogens is 441 g/mol. The lowest BCUT2D eigenvalue weighted by Crippen LogP contribution is -2.68. The fraction of sp³-hybridized carbons (Fsp3) is 0.824. The highest BCUT2D eigenvalue weighted by Crippen LogP contribution is 2.31. The molecule has 0 aromatic rings. The van der Waals surface area contributed by atoms with Gasteiger partial charge in [0, 0.05) is 5.57 Å². The van der Waals surface area contributed by atoms with Gasteiger partial charge in [0.2, 0.25) is 0 Å². The molecule has 28 heavy (non-hydrogen) atoms. The first-order valence-electron chi connectivity index (χ1n) is 9.75. The molecular formula is C17H42O6Si5. The molecule has 1 atom stereocenters. The van der Waals surface area contributed by atoms with E-state index in [2.05, 4.69) is 65.5 Å². The number of ether oxygens (including phenoxy) is 1. The van der Waals surface area contributed by atoms with Gasteiger partial charge in [-0.3, -0.25) is 0 Å². The smallest absolute Gasteiger partial charge is 0.455 e. The van der Waals surface area contributed by atoms with Crippen molar-refractivity contribution in [2.24, 2.45) is 0 Å². The molecule has 0 aliphatic heterocycles. The molecule has 0 fully saturated rings. The van der Waals surface area contributed by atoms with Gasteiger partial charge in [0.15, 0.2) is 30.7 Å². The van der Waals surface area contributed by atoms with E-state index in [9.17, 15) is 4.79 Å². The van der Waals surface area contributed by atoms with E-state index >= 15 is 0 Å². The van der Waals surface area contributed by atoms with Crippen LogP contribution in [0.3, 0.4) is 0 Å². The Bertz CT molecular complexity index is 544. The predicted molar refractivity (Wildman–Crippen MR) is 128 cm³/mol. The normalized spacial score (nSPS) is 15.3. The summed E-state index contributed by atoms with van der Waals surface area (Å²) in [5.74, 6) is -0.461. The van der Waals surface area contributed by atoms with E-state index in [1.165, 1.54) is 0 Å². The van der Waals surface area contributed by atoms with Crippen LogP contribution >= 0.6 is 0 Å². The molecule has 0 bridgehead atoms. The van der Waals surface area contributed by atoms with E-state index in [1.54, 1.807) is 6.92 Å². The van der Waals surface area contributed by atoms with E-state index in [-0.39, 0.29) is 0 Å². The highest BCUT2D eigenvalue weighted by atomic mass is 28.5. The zero-order chi connectivity index (χ0) is 22.8. The summed E-state index contributed by atoms with van der Waals surface area (Å²) >= 11 is 0. The molecule has 11 heteroatoms. The lowest BCUT2D eigenvalue weighted by atomic mass is 10.4. The fourth-order valence-electron chi connectivity index (χ4n) is 2.60. The fourth-order valence-corrected chi connectivity index (χ4v) is 22.5. The van der Waals surface area contributed by atoms with E-state index in [0.29, 0.717) is 5.57 Å². The minimum atomic E-state index is -3.42. The first-order valence-corrected chi connectivity index (χ1v) is 24.6. The second-order valence-electron chi connectivity index (χ2n) is 10.6. The first kappa shape index (κ1) is 28.1. The van der Waals surface area contributed by atoms with Gasteiger partial charge in [-0.2, -0.15) is 0 Å². The summed E-state index contributed by atoms with van der Waals surface area (Å²) < 4.78 is 32.1. The van der Waals surface area contributed by atoms with Crippen molar-refractivity contribution in [3.63, 3.8) is 0 Å². The topological polar surface area (TPSA) is 63.2 Å². The van der Waals surface area contributed by atoms with Crippen LogP contribution in [0.25, 0.3) is 0 Å². The zero-order valence-electron chi connectivity index (χ0n) is 20.2. The van der Waals surface area contributed by atoms with Gasteiger partial charge in [-0.15, -0.1) is 0 Å². The Morgan fingerprint density at radius 2 is 1.07 bits per heavy atom. The summed E-state index contributed by atoms with van der Waals surface area (Å²) in [7, 11) is -12.1. The zero-order valence-corrected chi connectivity index (χ0v) is 25.2. The average molecular weight is 483 g/mol. The second-order valence-corrected chi connectivity index (χ2v) is 31.3. The van der Waals surface area contributed by atoms with Crippen molar-refractivity contribution in [2.45, 2.75) is 91.6 Å². The van der Waals surface area contributed by atoms with Gasteiger partial charge in [0.05, 0.1) is 0 Å². The maximum atomic E-state index is 12.3. The maximum Gasteiger partial charge on any atom is 0.513 e. The van der Waals surface area contributed by atoms with Gasteiger partial charge in [-0.05, 0) is 85.9 Å². The third kappa shape index (κ3) is 11.4. The molecule has 0 rings (SSSR count). The van der Waals surface area contributed by atoms with Crippen molar-refractivity contribution in [3.05, 3.63) is 12.2 Å². The van der Waals surface area contributed by atoms with Crippen molar-refractivity contribution in [1.29, 1.82) is 0 Å². The summed E-state index contributed by atoms with van der Waals surface area (Å²) in [5, 5.41) is 0. The summed E-state index contributed by atoms with van der Waals surface area (Å²) in [6.45, 7) is 30.1. The van der Waals surface area contributed by atoms with Crippen LogP contribution in [0.5, 0.6) is 0 Å². The van der Waals surface area contributed by atoms with Crippen molar-refractivity contribution in [3.8, 4) is 0 Å². The third-order valence-electron chi connectivity index (χ3n) is 2.97. The largest absolute Gasteiger partial charge is 0.513 e. The van der Waals surface area contributed by atoms with Crippen molar-refractivity contribution in [2.75, 3.05) is 0 Å². The van der Waals surface area contributed by atoms with Gasteiger partial charge in [-0.1, -0.05) is 6.58 Å². The third-order valence-corrected chi connectivity index (χ3v) is 18.8. The lowest BCUT2D eigenvalue weighted by molar-refractivity contribution is -0.142. The van der Waals surface area contributed by atoms with Gasteiger partial charge in [0.25, 0.3) is 0 Å². The van der Waals surface area contributed by atoms with E-state index < -0.39 is 54.0 Å². The van der Waals surface area contributed by atoms with Crippen LogP contribution in [0.4, 0.5) is 0 Å². The van der Waals surface area contributed by atoms with Gasteiger partial charge in [0.1, 0.15) is 0 Å². The Kier molecular flexibility index (Phi) is 9.56. The van der Waals surface area contributed by atoms with Crippen LogP contribution in [-0.2, 0) is 26.0 Å². The highest BCUT2D eigenvalue weighted by Gasteiger charge is 2.58. The number of esters is 1. The standard InChI is InChI=1S/C17H42O6Si5/c1-15(2)17(18)19-16(3)28(21-25(7,8)9,22-26(10,11)12)23-27(13,14)20-24(4,5)6/h16H,1H2,2-14H3. The minimum absolute atomic E-state index is 0.339. The molecule has 0 radical (unpaired) electrons. The maximum absolute atomic E-state index is 12.3. The molecule has 0 aliphatic rings. The van der Waals surface area contributed by atoms with Crippen molar-refractivity contribution < 1.29 is 26.0 Å². The van der Waals surface area contributed by atoms with Crippen molar-refractivity contribution >= 4 is 48.3 Å². The van der Waals surface area contributed by atoms with E-state index in [4.69, 9.17) is 21.2 Å². The Morgan fingerprint density at radius 3 is 1.36 bits per heavy atom. The summed E-state index contributed by atoms with van der Waals surface area (Å²) in [6, 6.07) is 0. The molecule has 0 aromatic heterocycles. The molecule has 0 aliphatic carbocycles. The van der Waals surface area contributed by atoms with Crippen LogP contribution < -0.4 is 0 Å². The summed E-state index contributed by atoms with van der Waals surface area (Å²) in [6.07, 6.45) is 0. The van der Waals surface area contributed by atoms with Crippen LogP contribution in [0.1, 0.15) is 13.8 Å². The number of hydrogen-bond acceptors (Lipinski definition) is 6. The molecule has 0 spiro atoms. The van der Waals surface area contributed by atoms with E-state index in [0.717, 1.165) is 0 Å². The molecule has 0 saturated carbocycles. The number of rotatable bonds is 11. The second kappa shape index (κ2) is 9.51. The molecule has 1 unspecified atom stereocenters. The van der Waals surface area contributed by atoms with Crippen LogP contribution in [-0.4, -0.2) is 54.0 Å². The number of hydrogen-bond donors (Lipinski definition) is 0. The summed E-state index contributed by atoms with van der Waals surface area (Å²) in [5.41, 5.74) is -0.308. The van der Waals surface area contributed by atoms with Gasteiger partial charge < -0.3 is 21.2 Å². The number of carbonyl (C=O) groups excluding carboxylic acids is 1. The molecule has 166 valence electrons. The predicted octanol–water partition coefficient (Wildman–Crippen LogP) is 5.25. The highest BCUT2D eigenvalue weighted by molar-refractivity contribution is 6.91. The number of carbonyl (C=O) groups is 1. The molecule has 0 aromatic carbocycles. The minimum Gasteiger partial charge on any atom is -0.455 e. The Labute approximate surface area is 178 Å². The molecule has 6 nitrogen and oxygen atoms in total. The monoisotopic (exact) mass is 482 g/mol. The van der Waals surface area contributed by atoms with Gasteiger partial charge in [-0.25, -0.2) is 4.79 Å². The average Bonchev–Trinajstić information content (AvgIpc) is 2.29. The van der Waals surface area contributed by atoms with Crippen LogP contribution in [0.2, 0.25) is 72.0 Å². The first-order chi connectivity index (χ1) is 12.1. The molecule has 0 amide bonds. The molecule has 0 N–H and O–H groups in total. The quantitative estimate of drug-likeness (QED) is 0.228. The Morgan fingerprint density at radius 1 is 0.714 bits per heavy atom. The SMILES string of the molecule is C=C(C)C(=O)OC(C)[Si](O[Si](C)(C)C)(O[Si](C)(C)C)O[Si](C)(C)O[Si](C)(C)C. The van der Waals surface area contributed by atoms with E-state index in [1.807, 2.05) is 20.0 Å². The van der Waals surface area contributed by atoms with Gasteiger partial charge >= 0.3 is 23.3 Å². The van der Waals surface area contributed by atoms with Crippen molar-refractivity contribution in [1.82, 2.24) is 0 Å². The van der Waals surface area contributed by atoms with Crippen LogP contribution in [0, 0.1) is 0 Å². The Hall–Kier alpha value is 0.134. The Balaban J connectivity index is 6.23. The molecule has 0 heterocycles. The molecule has 0 saturated heterocycles.